The molecule has 3 aromatic rings. The Morgan fingerprint density at radius 2 is 1.92 bits per heavy atom. The third-order valence-electron chi connectivity index (χ3n) is 3.68. The lowest BCUT2D eigenvalue weighted by Crippen LogP contribution is -2.06. The molecule has 2 aromatic heterocycles. The van der Waals surface area contributed by atoms with E-state index in [2.05, 4.69) is 20.6 Å². The van der Waals surface area contributed by atoms with Gasteiger partial charge in [0.1, 0.15) is 5.82 Å². The maximum atomic E-state index is 13.2. The highest BCUT2D eigenvalue weighted by atomic mass is 32.1. The zero-order valence-corrected chi connectivity index (χ0v) is 14.9. The Kier molecular flexibility index (Phi) is 4.49. The largest absolute Gasteiger partial charge is 0.369 e. The molecule has 0 saturated heterocycles. The fourth-order valence-electron chi connectivity index (χ4n) is 2.62. The first kappa shape index (κ1) is 16.4. The van der Waals surface area contributed by atoms with Gasteiger partial charge in [0.05, 0.1) is 12.0 Å². The van der Waals surface area contributed by atoms with E-state index in [0.717, 1.165) is 33.5 Å². The molecule has 0 aliphatic heterocycles. The van der Waals surface area contributed by atoms with Gasteiger partial charge in [-0.15, -0.1) is 11.3 Å². The monoisotopic (exact) mass is 342 g/mol. The molecule has 1 aromatic carbocycles. The normalized spacial score (nSPS) is 11.4. The molecule has 0 radical (unpaired) electrons. The summed E-state index contributed by atoms with van der Waals surface area (Å²) in [5, 5.41) is 2.74. The van der Waals surface area contributed by atoms with Crippen LogP contribution in [-0.2, 0) is 0 Å². The van der Waals surface area contributed by atoms with E-state index >= 15 is 0 Å². The first-order valence-electron chi connectivity index (χ1n) is 7.57. The van der Waals surface area contributed by atoms with Gasteiger partial charge in [-0.25, -0.2) is 14.4 Å². The van der Waals surface area contributed by atoms with E-state index in [9.17, 15) is 4.39 Å². The predicted molar refractivity (Wildman–Crippen MR) is 98.1 cm³/mol. The van der Waals surface area contributed by atoms with E-state index in [0.29, 0.717) is 0 Å². The number of benzene rings is 1. The minimum absolute atomic E-state index is 0.232. The zero-order valence-electron chi connectivity index (χ0n) is 14.1. The molecule has 0 atom stereocenters. The molecule has 0 unspecified atom stereocenters. The van der Waals surface area contributed by atoms with Crippen LogP contribution in [0, 0.1) is 19.7 Å². The van der Waals surface area contributed by atoms with Crippen molar-refractivity contribution in [3.05, 3.63) is 52.9 Å². The van der Waals surface area contributed by atoms with Crippen LogP contribution in [0.4, 0.5) is 9.52 Å². The maximum absolute atomic E-state index is 13.2. The van der Waals surface area contributed by atoms with E-state index in [1.807, 2.05) is 38.2 Å². The molecule has 0 N–H and O–H groups in total. The summed E-state index contributed by atoms with van der Waals surface area (Å²) in [6.07, 6.45) is 1.74. The van der Waals surface area contributed by atoms with Gasteiger partial charge in [0, 0.05) is 42.1 Å². The number of halogens is 1. The Morgan fingerprint density at radius 1 is 1.21 bits per heavy atom. The van der Waals surface area contributed by atoms with Crippen molar-refractivity contribution in [2.45, 2.75) is 13.8 Å². The summed E-state index contributed by atoms with van der Waals surface area (Å²) in [4.78, 5) is 10.8. The second-order valence-electron chi connectivity index (χ2n) is 5.82. The van der Waals surface area contributed by atoms with Crippen LogP contribution < -0.4 is 0 Å². The molecule has 0 aliphatic rings. The van der Waals surface area contributed by atoms with Crippen molar-refractivity contribution >= 4 is 22.8 Å². The molecule has 0 bridgehead atoms. The Balaban J connectivity index is 1.99. The minimum atomic E-state index is -0.232. The Labute approximate surface area is 144 Å². The minimum Gasteiger partial charge on any atom is -0.369 e. The Bertz CT molecular complexity index is 875. The lowest BCUT2D eigenvalue weighted by Gasteiger charge is -2.09. The van der Waals surface area contributed by atoms with Crippen molar-refractivity contribution in [3.8, 4) is 16.9 Å². The molecule has 0 spiro atoms. The first-order valence-corrected chi connectivity index (χ1v) is 8.45. The molecular weight excluding hydrogens is 323 g/mol. The van der Waals surface area contributed by atoms with E-state index in [1.54, 1.807) is 18.5 Å². The molecule has 3 rings (SSSR count). The zero-order chi connectivity index (χ0) is 17.3. The fraction of sp³-hybridized carbons (Fsp3) is 0.222. The van der Waals surface area contributed by atoms with Crippen LogP contribution >= 0.6 is 11.3 Å². The van der Waals surface area contributed by atoms with Crippen LogP contribution in [0.1, 0.15) is 11.4 Å². The van der Waals surface area contributed by atoms with Crippen molar-refractivity contribution < 1.29 is 4.39 Å². The van der Waals surface area contributed by atoms with Gasteiger partial charge < -0.3 is 9.47 Å². The van der Waals surface area contributed by atoms with Crippen molar-refractivity contribution in [1.82, 2.24) is 14.5 Å². The number of thiazole rings is 1. The number of aliphatic imine (C=N–C) groups is 1. The highest BCUT2D eigenvalue weighted by Gasteiger charge is 2.14. The van der Waals surface area contributed by atoms with E-state index in [4.69, 9.17) is 0 Å². The summed E-state index contributed by atoms with van der Waals surface area (Å²) < 4.78 is 15.3. The highest BCUT2D eigenvalue weighted by Crippen LogP contribution is 2.32. The lowest BCUT2D eigenvalue weighted by atomic mass is 10.2. The summed E-state index contributed by atoms with van der Waals surface area (Å²) >= 11 is 1.51. The van der Waals surface area contributed by atoms with Gasteiger partial charge in [-0.3, -0.25) is 0 Å². The SMILES string of the molecule is Cc1cc(-c2csc(N=CN(C)C)n2)c(C)n1-c1ccc(F)cc1. The maximum Gasteiger partial charge on any atom is 0.211 e. The summed E-state index contributed by atoms with van der Waals surface area (Å²) in [6, 6.07) is 8.63. The number of hydrogen-bond acceptors (Lipinski definition) is 3. The average molecular weight is 342 g/mol. The van der Waals surface area contributed by atoms with Crippen molar-refractivity contribution in [2.24, 2.45) is 4.99 Å². The molecule has 24 heavy (non-hydrogen) atoms. The number of hydrogen-bond donors (Lipinski definition) is 0. The van der Waals surface area contributed by atoms with Crippen molar-refractivity contribution in [2.75, 3.05) is 14.1 Å². The van der Waals surface area contributed by atoms with Gasteiger partial charge in [0.25, 0.3) is 0 Å². The van der Waals surface area contributed by atoms with Crippen molar-refractivity contribution in [1.29, 1.82) is 0 Å². The molecule has 0 amide bonds. The van der Waals surface area contributed by atoms with Gasteiger partial charge >= 0.3 is 0 Å². The van der Waals surface area contributed by atoms with Crippen molar-refractivity contribution in [3.63, 3.8) is 0 Å². The molecular formula is C18H19FN4S. The molecule has 0 aliphatic carbocycles. The van der Waals surface area contributed by atoms with Crippen LogP contribution in [-0.4, -0.2) is 34.9 Å². The number of nitrogens with zero attached hydrogens (tertiary/aromatic N) is 4. The van der Waals surface area contributed by atoms with Crippen LogP contribution in [0.2, 0.25) is 0 Å². The molecule has 124 valence electrons. The van der Waals surface area contributed by atoms with Gasteiger partial charge in [0.15, 0.2) is 0 Å². The smallest absolute Gasteiger partial charge is 0.211 e. The number of aromatic nitrogens is 2. The van der Waals surface area contributed by atoms with Crippen LogP contribution in [0.15, 0.2) is 40.7 Å². The Morgan fingerprint density at radius 3 is 2.58 bits per heavy atom. The average Bonchev–Trinajstić information content (AvgIpc) is 3.11. The van der Waals surface area contributed by atoms with E-state index < -0.39 is 0 Å². The standard InChI is InChI=1S/C18H19FN4S/c1-12-9-16(17-10-24-18(21-17)20-11-22(3)4)13(2)23(12)15-7-5-14(19)6-8-15/h5-11H,1-4H3. The molecule has 4 nitrogen and oxygen atoms in total. The van der Waals surface area contributed by atoms with Gasteiger partial charge in [-0.1, -0.05) is 0 Å². The summed E-state index contributed by atoms with van der Waals surface area (Å²) in [7, 11) is 3.85. The molecule has 0 fully saturated rings. The number of aryl methyl sites for hydroxylation is 1. The third-order valence-corrected chi connectivity index (χ3v) is 4.43. The van der Waals surface area contributed by atoms with E-state index in [1.165, 1.54) is 23.5 Å². The first-order chi connectivity index (χ1) is 11.5. The summed E-state index contributed by atoms with van der Waals surface area (Å²) in [6.45, 7) is 4.09. The van der Waals surface area contributed by atoms with Gasteiger partial charge in [-0.05, 0) is 44.2 Å². The van der Waals surface area contributed by atoms with Crippen LogP contribution in [0.5, 0.6) is 0 Å². The second-order valence-corrected chi connectivity index (χ2v) is 6.66. The van der Waals surface area contributed by atoms with Gasteiger partial charge in [0.2, 0.25) is 5.13 Å². The summed E-state index contributed by atoms with van der Waals surface area (Å²) in [5.41, 5.74) is 5.08. The van der Waals surface area contributed by atoms with Crippen LogP contribution in [0.25, 0.3) is 16.9 Å². The van der Waals surface area contributed by atoms with E-state index in [-0.39, 0.29) is 5.82 Å². The van der Waals surface area contributed by atoms with Crippen LogP contribution in [0.3, 0.4) is 0 Å². The topological polar surface area (TPSA) is 33.4 Å². The Hall–Kier alpha value is -2.47. The third kappa shape index (κ3) is 3.23. The fourth-order valence-corrected chi connectivity index (χ4v) is 3.28. The lowest BCUT2D eigenvalue weighted by molar-refractivity contribution is 0.627. The molecule has 2 heterocycles. The summed E-state index contributed by atoms with van der Waals surface area (Å²) in [5.74, 6) is -0.232. The second kappa shape index (κ2) is 6.57. The predicted octanol–water partition coefficient (Wildman–Crippen LogP) is 4.58. The molecule has 0 saturated carbocycles. The molecule has 6 heteroatoms. The highest BCUT2D eigenvalue weighted by molar-refractivity contribution is 7.13. The van der Waals surface area contributed by atoms with Gasteiger partial charge in [-0.2, -0.15) is 0 Å². The quantitative estimate of drug-likeness (QED) is 0.514. The number of rotatable bonds is 4.